The average molecular weight is 232 g/mol. The minimum Gasteiger partial charge on any atom is -0.293 e. The van der Waals surface area contributed by atoms with Gasteiger partial charge in [-0.1, -0.05) is 6.07 Å². The van der Waals surface area contributed by atoms with Gasteiger partial charge in [-0.15, -0.1) is 0 Å². The molecule has 0 spiro atoms. The molecule has 1 fully saturated rings. The number of hydrogen-bond donors (Lipinski definition) is 1. The standard InChI is InChI=1S/C11H12N4S/c1-11(5-6-11)15-9(13-14-10(15)16)8-4-2-3-7-12-8/h2-4,7H,5-6H2,1H3,(H,14,16). The Morgan fingerprint density at radius 2 is 2.25 bits per heavy atom. The lowest BCUT2D eigenvalue weighted by atomic mass is 10.3. The van der Waals surface area contributed by atoms with Gasteiger partial charge < -0.3 is 0 Å². The molecular formula is C11H12N4S. The van der Waals surface area contributed by atoms with Crippen molar-refractivity contribution in [1.29, 1.82) is 0 Å². The van der Waals surface area contributed by atoms with E-state index < -0.39 is 0 Å². The second-order valence-corrected chi connectivity index (χ2v) is 4.79. The zero-order valence-electron chi connectivity index (χ0n) is 8.97. The molecule has 0 aromatic carbocycles. The summed E-state index contributed by atoms with van der Waals surface area (Å²) < 4.78 is 2.77. The molecule has 0 amide bonds. The first-order valence-electron chi connectivity index (χ1n) is 5.30. The molecule has 1 aliphatic carbocycles. The maximum atomic E-state index is 5.28. The normalized spacial score (nSPS) is 17.3. The average Bonchev–Trinajstić information content (AvgIpc) is 2.91. The molecule has 4 nitrogen and oxygen atoms in total. The predicted molar refractivity (Wildman–Crippen MR) is 63.5 cm³/mol. The van der Waals surface area contributed by atoms with Gasteiger partial charge in [0.25, 0.3) is 0 Å². The van der Waals surface area contributed by atoms with Gasteiger partial charge in [-0.2, -0.15) is 5.10 Å². The zero-order chi connectivity index (χ0) is 11.2. The van der Waals surface area contributed by atoms with E-state index in [4.69, 9.17) is 12.2 Å². The molecule has 2 aromatic rings. The van der Waals surface area contributed by atoms with Crippen LogP contribution in [0.15, 0.2) is 24.4 Å². The first-order valence-corrected chi connectivity index (χ1v) is 5.71. The molecular weight excluding hydrogens is 220 g/mol. The fourth-order valence-electron chi connectivity index (χ4n) is 1.87. The summed E-state index contributed by atoms with van der Waals surface area (Å²) in [7, 11) is 0. The van der Waals surface area contributed by atoms with E-state index in [1.807, 2.05) is 18.2 Å². The van der Waals surface area contributed by atoms with Crippen molar-refractivity contribution in [2.45, 2.75) is 25.3 Å². The van der Waals surface area contributed by atoms with Crippen LogP contribution in [0.3, 0.4) is 0 Å². The minimum atomic E-state index is 0.136. The predicted octanol–water partition coefficient (Wildman–Crippen LogP) is 2.51. The first-order chi connectivity index (χ1) is 7.71. The Balaban J connectivity index is 2.19. The van der Waals surface area contributed by atoms with Crippen molar-refractivity contribution >= 4 is 12.2 Å². The van der Waals surface area contributed by atoms with Crippen LogP contribution >= 0.6 is 12.2 Å². The van der Waals surface area contributed by atoms with E-state index >= 15 is 0 Å². The largest absolute Gasteiger partial charge is 0.293 e. The highest BCUT2D eigenvalue weighted by atomic mass is 32.1. The molecule has 82 valence electrons. The summed E-state index contributed by atoms with van der Waals surface area (Å²) in [6.45, 7) is 2.20. The highest BCUT2D eigenvalue weighted by Crippen LogP contribution is 2.44. The molecule has 2 aromatic heterocycles. The van der Waals surface area contributed by atoms with Gasteiger partial charge in [0.2, 0.25) is 0 Å². The van der Waals surface area contributed by atoms with Crippen LogP contribution in [0.5, 0.6) is 0 Å². The number of nitrogens with zero attached hydrogens (tertiary/aromatic N) is 3. The molecule has 5 heteroatoms. The minimum absolute atomic E-state index is 0.136. The molecule has 0 radical (unpaired) electrons. The third-order valence-corrected chi connectivity index (χ3v) is 3.35. The third kappa shape index (κ3) is 1.39. The Kier molecular flexibility index (Phi) is 1.97. The molecule has 1 N–H and O–H groups in total. The SMILES string of the molecule is CC1(n2c(-c3ccccn3)n[nH]c2=S)CC1. The lowest BCUT2D eigenvalue weighted by Gasteiger charge is -2.12. The Morgan fingerprint density at radius 3 is 2.88 bits per heavy atom. The highest BCUT2D eigenvalue weighted by molar-refractivity contribution is 7.71. The van der Waals surface area contributed by atoms with Crippen molar-refractivity contribution in [2.75, 3.05) is 0 Å². The van der Waals surface area contributed by atoms with Gasteiger partial charge in [-0.3, -0.25) is 14.6 Å². The van der Waals surface area contributed by atoms with E-state index in [1.54, 1.807) is 6.20 Å². The Bertz CT molecular complexity index is 565. The van der Waals surface area contributed by atoms with Crippen LogP contribution in [0.2, 0.25) is 0 Å². The van der Waals surface area contributed by atoms with Crippen LogP contribution in [0.1, 0.15) is 19.8 Å². The van der Waals surface area contributed by atoms with Crippen LogP contribution in [-0.2, 0) is 5.54 Å². The second kappa shape index (κ2) is 3.25. The van der Waals surface area contributed by atoms with Crippen LogP contribution < -0.4 is 0 Å². The fraction of sp³-hybridized carbons (Fsp3) is 0.364. The first kappa shape index (κ1) is 9.72. The molecule has 1 aliphatic rings. The van der Waals surface area contributed by atoms with E-state index in [2.05, 4.69) is 26.7 Å². The van der Waals surface area contributed by atoms with Crippen LogP contribution in [0, 0.1) is 4.77 Å². The van der Waals surface area contributed by atoms with E-state index in [1.165, 1.54) is 0 Å². The number of nitrogens with one attached hydrogen (secondary N) is 1. The van der Waals surface area contributed by atoms with Gasteiger partial charge in [0.05, 0.1) is 0 Å². The Morgan fingerprint density at radius 1 is 1.44 bits per heavy atom. The summed E-state index contributed by atoms with van der Waals surface area (Å²) in [4.78, 5) is 4.31. The molecule has 0 aliphatic heterocycles. The van der Waals surface area contributed by atoms with Crippen molar-refractivity contribution in [3.8, 4) is 11.5 Å². The third-order valence-electron chi connectivity index (χ3n) is 3.08. The topological polar surface area (TPSA) is 46.5 Å². The van der Waals surface area contributed by atoms with Gasteiger partial charge in [0.1, 0.15) is 5.69 Å². The van der Waals surface area contributed by atoms with Gasteiger partial charge >= 0.3 is 0 Å². The van der Waals surface area contributed by atoms with Crippen molar-refractivity contribution in [2.24, 2.45) is 0 Å². The van der Waals surface area contributed by atoms with E-state index in [0.29, 0.717) is 4.77 Å². The number of pyridine rings is 1. The smallest absolute Gasteiger partial charge is 0.196 e. The molecule has 16 heavy (non-hydrogen) atoms. The van der Waals surface area contributed by atoms with Crippen molar-refractivity contribution in [3.05, 3.63) is 29.2 Å². The molecule has 0 bridgehead atoms. The van der Waals surface area contributed by atoms with Crippen LogP contribution in [0.25, 0.3) is 11.5 Å². The van der Waals surface area contributed by atoms with Gasteiger partial charge in [0.15, 0.2) is 10.6 Å². The summed E-state index contributed by atoms with van der Waals surface area (Å²) >= 11 is 5.28. The Labute approximate surface area is 98.3 Å². The highest BCUT2D eigenvalue weighted by Gasteiger charge is 2.42. The summed E-state index contributed by atoms with van der Waals surface area (Å²) in [5.41, 5.74) is 1.000. The lowest BCUT2D eigenvalue weighted by Crippen LogP contribution is -2.14. The molecule has 0 saturated heterocycles. The number of hydrogen-bond acceptors (Lipinski definition) is 3. The molecule has 0 unspecified atom stereocenters. The van der Waals surface area contributed by atoms with Crippen molar-refractivity contribution < 1.29 is 0 Å². The Hall–Kier alpha value is -1.49. The molecule has 0 atom stereocenters. The number of aromatic amines is 1. The summed E-state index contributed by atoms with van der Waals surface area (Å²) in [5, 5.41) is 7.13. The van der Waals surface area contributed by atoms with Crippen molar-refractivity contribution in [3.63, 3.8) is 0 Å². The van der Waals surface area contributed by atoms with Crippen molar-refractivity contribution in [1.82, 2.24) is 19.7 Å². The maximum Gasteiger partial charge on any atom is 0.196 e. The molecule has 2 heterocycles. The van der Waals surface area contributed by atoms with E-state index in [-0.39, 0.29) is 5.54 Å². The van der Waals surface area contributed by atoms with E-state index in [9.17, 15) is 0 Å². The van der Waals surface area contributed by atoms with Crippen LogP contribution in [0.4, 0.5) is 0 Å². The number of aromatic nitrogens is 4. The fourth-order valence-corrected chi connectivity index (χ4v) is 2.22. The van der Waals surface area contributed by atoms with Gasteiger partial charge in [-0.25, -0.2) is 0 Å². The molecule has 1 saturated carbocycles. The summed E-state index contributed by atoms with van der Waals surface area (Å²) in [6, 6.07) is 5.81. The lowest BCUT2D eigenvalue weighted by molar-refractivity contribution is 0.529. The number of H-pyrrole nitrogens is 1. The van der Waals surface area contributed by atoms with E-state index in [0.717, 1.165) is 24.4 Å². The summed E-state index contributed by atoms with van der Waals surface area (Å²) in [6.07, 6.45) is 4.08. The zero-order valence-corrected chi connectivity index (χ0v) is 9.79. The molecule has 3 rings (SSSR count). The van der Waals surface area contributed by atoms with Gasteiger partial charge in [-0.05, 0) is 44.1 Å². The quantitative estimate of drug-likeness (QED) is 0.809. The second-order valence-electron chi connectivity index (χ2n) is 4.40. The summed E-state index contributed by atoms with van der Waals surface area (Å²) in [5.74, 6) is 0.839. The number of rotatable bonds is 2. The maximum absolute atomic E-state index is 5.28. The van der Waals surface area contributed by atoms with Gasteiger partial charge in [0, 0.05) is 11.7 Å². The van der Waals surface area contributed by atoms with Crippen LogP contribution in [-0.4, -0.2) is 19.7 Å². The monoisotopic (exact) mass is 232 g/mol.